The number of benzene rings is 1. The third-order valence-electron chi connectivity index (χ3n) is 4.80. The number of amidine groups is 1. The minimum atomic E-state index is -1.12. The molecule has 1 aromatic carbocycles. The molecule has 26 heavy (non-hydrogen) atoms. The van der Waals surface area contributed by atoms with Crippen molar-refractivity contribution >= 4 is 11.8 Å². The molecule has 6 nitrogen and oxygen atoms in total. The highest BCUT2D eigenvalue weighted by Crippen LogP contribution is 2.43. The maximum atomic E-state index is 14.6. The van der Waals surface area contributed by atoms with Crippen LogP contribution in [0.25, 0.3) is 0 Å². The zero-order chi connectivity index (χ0) is 18.3. The van der Waals surface area contributed by atoms with E-state index in [4.69, 9.17) is 10.5 Å². The van der Waals surface area contributed by atoms with E-state index in [-0.39, 0.29) is 18.1 Å². The number of piperidine rings is 1. The number of hydrogen-bond acceptors (Lipinski definition) is 6. The van der Waals surface area contributed by atoms with Crippen LogP contribution in [-0.4, -0.2) is 30.2 Å². The van der Waals surface area contributed by atoms with Gasteiger partial charge in [-0.1, -0.05) is 6.07 Å². The first-order valence-corrected chi connectivity index (χ1v) is 8.11. The Balaban J connectivity index is 1.81. The Morgan fingerprint density at radius 1 is 1.35 bits per heavy atom. The van der Waals surface area contributed by atoms with Crippen LogP contribution in [0, 0.1) is 23.0 Å². The second-order valence-electron chi connectivity index (χ2n) is 6.30. The van der Waals surface area contributed by atoms with Crippen LogP contribution >= 0.6 is 0 Å². The normalized spacial score (nSPS) is 24.4. The number of aliphatic imine (C=N–C) groups is 1. The number of anilines is 1. The Morgan fingerprint density at radius 3 is 2.96 bits per heavy atom. The third-order valence-corrected chi connectivity index (χ3v) is 4.80. The molecule has 2 aliphatic rings. The van der Waals surface area contributed by atoms with Crippen LogP contribution in [0.5, 0.6) is 0 Å². The van der Waals surface area contributed by atoms with Crippen molar-refractivity contribution in [2.75, 3.05) is 18.0 Å². The van der Waals surface area contributed by atoms with Crippen molar-refractivity contribution in [2.24, 2.45) is 10.7 Å². The fraction of sp³-hybridized carbons (Fsp3) is 0.278. The first-order valence-electron chi connectivity index (χ1n) is 8.11. The Labute approximate surface area is 148 Å². The number of ether oxygens (including phenoxy) is 1. The molecule has 0 spiro atoms. The van der Waals surface area contributed by atoms with Crippen LogP contribution in [0.1, 0.15) is 17.5 Å². The van der Waals surface area contributed by atoms with Gasteiger partial charge in [0.25, 0.3) is 6.02 Å². The smallest absolute Gasteiger partial charge is 0.283 e. The van der Waals surface area contributed by atoms with Crippen molar-refractivity contribution < 1.29 is 13.5 Å². The van der Waals surface area contributed by atoms with E-state index in [9.17, 15) is 14.0 Å². The summed E-state index contributed by atoms with van der Waals surface area (Å²) in [5, 5.41) is 9.34. The number of rotatable bonds is 2. The lowest BCUT2D eigenvalue weighted by atomic mass is 9.80. The summed E-state index contributed by atoms with van der Waals surface area (Å²) in [5.41, 5.74) is 5.29. The first kappa shape index (κ1) is 16.3. The van der Waals surface area contributed by atoms with E-state index in [2.05, 4.69) is 16.0 Å². The van der Waals surface area contributed by atoms with Gasteiger partial charge in [-0.25, -0.2) is 18.8 Å². The highest BCUT2D eigenvalue weighted by atomic mass is 19.1. The van der Waals surface area contributed by atoms with Crippen LogP contribution in [0.2, 0.25) is 0 Å². The minimum absolute atomic E-state index is 0.0258. The average molecular weight is 355 g/mol. The maximum Gasteiger partial charge on any atom is 0.283 e. The van der Waals surface area contributed by atoms with Gasteiger partial charge in [0.05, 0.1) is 12.1 Å². The predicted molar refractivity (Wildman–Crippen MR) is 90.3 cm³/mol. The van der Waals surface area contributed by atoms with E-state index in [1.807, 2.05) is 4.90 Å². The molecule has 1 fully saturated rings. The molecule has 1 aromatic heterocycles. The van der Waals surface area contributed by atoms with Crippen molar-refractivity contribution in [1.29, 1.82) is 5.26 Å². The highest BCUT2D eigenvalue weighted by Gasteiger charge is 2.52. The molecule has 2 atom stereocenters. The lowest BCUT2D eigenvalue weighted by Gasteiger charge is -2.42. The van der Waals surface area contributed by atoms with Gasteiger partial charge in [-0.3, -0.25) is 0 Å². The Hall–Kier alpha value is -3.21. The second-order valence-corrected chi connectivity index (χ2v) is 6.30. The lowest BCUT2D eigenvalue weighted by molar-refractivity contribution is 0.108. The van der Waals surface area contributed by atoms with E-state index in [0.29, 0.717) is 24.3 Å². The Morgan fingerprint density at radius 2 is 2.19 bits per heavy atom. The number of fused-ring (bicyclic) bond motifs is 1. The van der Waals surface area contributed by atoms with Gasteiger partial charge in [0.2, 0.25) is 0 Å². The largest absolute Gasteiger partial charge is 0.459 e. The number of nitrogens with two attached hydrogens (primary N) is 1. The molecule has 0 bridgehead atoms. The van der Waals surface area contributed by atoms with Crippen molar-refractivity contribution in [3.63, 3.8) is 0 Å². The number of aromatic nitrogens is 1. The molecule has 0 aliphatic carbocycles. The minimum Gasteiger partial charge on any atom is -0.459 e. The van der Waals surface area contributed by atoms with Crippen LogP contribution in [0.3, 0.4) is 0 Å². The quantitative estimate of drug-likeness (QED) is 0.891. The van der Waals surface area contributed by atoms with Crippen molar-refractivity contribution in [2.45, 2.75) is 18.1 Å². The Bertz CT molecular complexity index is 941. The summed E-state index contributed by atoms with van der Waals surface area (Å²) < 4.78 is 33.6. The van der Waals surface area contributed by atoms with E-state index in [1.54, 1.807) is 18.3 Å². The summed E-state index contributed by atoms with van der Waals surface area (Å²) in [6.45, 7) is 0.760. The van der Waals surface area contributed by atoms with Gasteiger partial charge in [-0.15, -0.1) is 0 Å². The van der Waals surface area contributed by atoms with Crippen LogP contribution in [-0.2, 0) is 10.3 Å². The lowest BCUT2D eigenvalue weighted by Crippen LogP contribution is -2.53. The fourth-order valence-electron chi connectivity index (χ4n) is 3.69. The van der Waals surface area contributed by atoms with Gasteiger partial charge < -0.3 is 15.4 Å². The summed E-state index contributed by atoms with van der Waals surface area (Å²) in [6.07, 6.45) is 1.63. The van der Waals surface area contributed by atoms with Crippen LogP contribution in [0.4, 0.5) is 14.6 Å². The van der Waals surface area contributed by atoms with E-state index in [1.165, 1.54) is 12.1 Å². The van der Waals surface area contributed by atoms with Gasteiger partial charge in [0.1, 0.15) is 35.2 Å². The Kier molecular flexibility index (Phi) is 3.72. The van der Waals surface area contributed by atoms with Crippen LogP contribution < -0.4 is 10.6 Å². The SMILES string of the molecule is N#Cc1cccnc1N1CC[C@H]2OC(N)=N[C@@]2(c2ccc(F)cc2F)C1. The van der Waals surface area contributed by atoms with Gasteiger partial charge in [0, 0.05) is 30.8 Å². The topological polar surface area (TPSA) is 87.5 Å². The number of nitrogens with zero attached hydrogens (tertiary/aromatic N) is 4. The summed E-state index contributed by atoms with van der Waals surface area (Å²) in [5.74, 6) is -0.879. The molecule has 8 heteroatoms. The number of nitriles is 1. The summed E-state index contributed by atoms with van der Waals surface area (Å²) in [7, 11) is 0. The fourth-order valence-corrected chi connectivity index (χ4v) is 3.69. The van der Waals surface area contributed by atoms with Crippen molar-refractivity contribution in [3.8, 4) is 6.07 Å². The van der Waals surface area contributed by atoms with E-state index in [0.717, 1.165) is 6.07 Å². The molecule has 1 saturated heterocycles. The molecular formula is C18H15F2N5O. The molecule has 0 saturated carbocycles. The van der Waals surface area contributed by atoms with Crippen LogP contribution in [0.15, 0.2) is 41.5 Å². The predicted octanol–water partition coefficient (Wildman–Crippen LogP) is 2.05. The standard InChI is InChI=1S/C18H15F2N5O/c19-12-3-4-13(14(20)8-12)18-10-25(7-5-15(18)26-17(22)24-18)16-11(9-21)2-1-6-23-16/h1-4,6,8,15H,5,7,10H2,(H2,22,24)/t15-,18-/m1/s1. The van der Waals surface area contributed by atoms with Gasteiger partial charge in [-0.05, 0) is 18.2 Å². The first-order chi connectivity index (χ1) is 12.5. The zero-order valence-corrected chi connectivity index (χ0v) is 13.7. The molecule has 0 amide bonds. The average Bonchev–Trinajstić information content (AvgIpc) is 2.97. The third kappa shape index (κ3) is 2.44. The van der Waals surface area contributed by atoms with Gasteiger partial charge in [-0.2, -0.15) is 5.26 Å². The number of pyridine rings is 1. The highest BCUT2D eigenvalue weighted by molar-refractivity contribution is 5.75. The molecule has 3 heterocycles. The molecule has 0 unspecified atom stereocenters. The summed E-state index contributed by atoms with van der Waals surface area (Å²) in [4.78, 5) is 10.6. The van der Waals surface area contributed by atoms with E-state index >= 15 is 0 Å². The molecule has 2 N–H and O–H groups in total. The zero-order valence-electron chi connectivity index (χ0n) is 13.7. The molecule has 2 aromatic rings. The second kappa shape index (κ2) is 5.95. The van der Waals surface area contributed by atoms with Crippen molar-refractivity contribution in [1.82, 2.24) is 4.98 Å². The molecule has 4 rings (SSSR count). The van der Waals surface area contributed by atoms with E-state index < -0.39 is 23.3 Å². The maximum absolute atomic E-state index is 14.6. The van der Waals surface area contributed by atoms with Gasteiger partial charge >= 0.3 is 0 Å². The summed E-state index contributed by atoms with van der Waals surface area (Å²) in [6, 6.07) is 8.82. The van der Waals surface area contributed by atoms with Gasteiger partial charge in [0.15, 0.2) is 0 Å². The monoisotopic (exact) mass is 355 g/mol. The van der Waals surface area contributed by atoms with Crippen molar-refractivity contribution in [3.05, 3.63) is 59.3 Å². The number of hydrogen-bond donors (Lipinski definition) is 1. The summed E-state index contributed by atoms with van der Waals surface area (Å²) >= 11 is 0. The number of halogens is 2. The molecule has 0 radical (unpaired) electrons. The molecule has 132 valence electrons. The molecular weight excluding hydrogens is 340 g/mol. The molecule has 2 aliphatic heterocycles.